The number of anilines is 2. The molecule has 0 aromatic heterocycles. The smallest absolute Gasteiger partial charge is 0.322 e. The number of carbonyl (C=O) groups is 1. The van der Waals surface area contributed by atoms with Crippen LogP contribution in [0.3, 0.4) is 0 Å². The number of alkyl halides is 3. The lowest BCUT2D eigenvalue weighted by Crippen LogP contribution is -2.11. The molecule has 2 N–H and O–H groups in total. The van der Waals surface area contributed by atoms with Crippen molar-refractivity contribution in [1.29, 1.82) is 0 Å². The fourth-order valence-electron chi connectivity index (χ4n) is 2.24. The Morgan fingerprint density at radius 1 is 1.04 bits per heavy atom. The third kappa shape index (κ3) is 6.45. The summed E-state index contributed by atoms with van der Waals surface area (Å²) in [7, 11) is -3.38. The van der Waals surface area contributed by atoms with Gasteiger partial charge in [0.15, 0.2) is 0 Å². The van der Waals surface area contributed by atoms with E-state index >= 15 is 0 Å². The molecule has 144 valence electrons. The molecular weight excluding hydrogens is 381 g/mol. The van der Waals surface area contributed by atoms with Crippen LogP contribution in [0.1, 0.15) is 16.7 Å². The minimum Gasteiger partial charge on any atom is -0.322 e. The Kier molecular flexibility index (Phi) is 5.94. The number of hydrogen-bond acceptors (Lipinski definition) is 3. The lowest BCUT2D eigenvalue weighted by atomic mass is 10.1. The molecule has 0 atom stereocenters. The van der Waals surface area contributed by atoms with Crippen LogP contribution < -0.4 is 10.0 Å². The minimum absolute atomic E-state index is 0.0373. The highest BCUT2D eigenvalue weighted by Gasteiger charge is 2.32. The number of amides is 1. The summed E-state index contributed by atoms with van der Waals surface area (Å²) >= 11 is 0. The van der Waals surface area contributed by atoms with Crippen molar-refractivity contribution in [2.75, 3.05) is 16.3 Å². The summed E-state index contributed by atoms with van der Waals surface area (Å²) in [5, 5.41) is 2.38. The van der Waals surface area contributed by atoms with Crippen molar-refractivity contribution < 1.29 is 26.4 Å². The number of carbonyl (C=O) groups excluding carboxylic acids is 1. The molecule has 0 spiro atoms. The monoisotopic (exact) mass is 398 g/mol. The van der Waals surface area contributed by atoms with E-state index in [2.05, 4.69) is 10.0 Å². The molecule has 0 aliphatic rings. The first-order valence-electron chi connectivity index (χ1n) is 7.69. The van der Waals surface area contributed by atoms with Crippen LogP contribution in [0.2, 0.25) is 0 Å². The lowest BCUT2D eigenvalue weighted by molar-refractivity contribution is -0.138. The molecule has 0 fully saturated rings. The Labute approximate surface area is 155 Å². The zero-order valence-electron chi connectivity index (χ0n) is 14.5. The van der Waals surface area contributed by atoms with E-state index in [-0.39, 0.29) is 11.3 Å². The van der Waals surface area contributed by atoms with Crippen molar-refractivity contribution in [1.82, 2.24) is 0 Å². The Morgan fingerprint density at radius 2 is 1.63 bits per heavy atom. The average molecular weight is 398 g/mol. The minimum atomic E-state index is -4.50. The number of hydrogen-bond donors (Lipinski definition) is 2. The molecule has 0 aliphatic heterocycles. The van der Waals surface area contributed by atoms with Crippen LogP contribution in [0.15, 0.2) is 48.5 Å². The molecule has 0 heterocycles. The van der Waals surface area contributed by atoms with Crippen LogP contribution >= 0.6 is 0 Å². The summed E-state index contributed by atoms with van der Waals surface area (Å²) in [6, 6.07) is 9.78. The predicted octanol–water partition coefficient (Wildman–Crippen LogP) is 4.04. The first-order chi connectivity index (χ1) is 12.4. The standard InChI is InChI=1S/C18H17F3N2O3S/c1-12-3-7-15(11-16(12)18(19,20)21)22-17(24)10-6-13-4-8-14(9-5-13)23-27(2,25)26/h3-11,23H,1-2H3,(H,22,24). The maximum absolute atomic E-state index is 12.9. The number of rotatable bonds is 5. The van der Waals surface area contributed by atoms with E-state index in [9.17, 15) is 26.4 Å². The number of halogens is 3. The first-order valence-corrected chi connectivity index (χ1v) is 9.58. The van der Waals surface area contributed by atoms with Gasteiger partial charge >= 0.3 is 6.18 Å². The molecule has 1 amide bonds. The molecule has 27 heavy (non-hydrogen) atoms. The highest BCUT2D eigenvalue weighted by molar-refractivity contribution is 7.92. The van der Waals surface area contributed by atoms with Crippen molar-refractivity contribution in [3.63, 3.8) is 0 Å². The number of sulfonamides is 1. The van der Waals surface area contributed by atoms with Gasteiger partial charge in [0.05, 0.1) is 11.8 Å². The van der Waals surface area contributed by atoms with Crippen LogP contribution in [0.5, 0.6) is 0 Å². The Hall–Kier alpha value is -2.81. The topological polar surface area (TPSA) is 75.3 Å². The number of benzene rings is 2. The average Bonchev–Trinajstić information content (AvgIpc) is 2.53. The summed E-state index contributed by atoms with van der Waals surface area (Å²) in [4.78, 5) is 11.9. The predicted molar refractivity (Wildman–Crippen MR) is 98.8 cm³/mol. The Balaban J connectivity index is 2.05. The van der Waals surface area contributed by atoms with E-state index in [1.54, 1.807) is 12.1 Å². The van der Waals surface area contributed by atoms with E-state index in [1.807, 2.05) is 0 Å². The van der Waals surface area contributed by atoms with Crippen LogP contribution in [-0.2, 0) is 21.0 Å². The second kappa shape index (κ2) is 7.83. The summed E-state index contributed by atoms with van der Waals surface area (Å²) in [6.07, 6.45) is -0.840. The first kappa shape index (κ1) is 20.5. The van der Waals surface area contributed by atoms with Crippen molar-refractivity contribution >= 4 is 33.4 Å². The maximum Gasteiger partial charge on any atom is 0.416 e. The van der Waals surface area contributed by atoms with Crippen molar-refractivity contribution in [3.8, 4) is 0 Å². The molecule has 0 saturated heterocycles. The normalized spacial score (nSPS) is 12.2. The number of nitrogens with one attached hydrogen (secondary N) is 2. The molecule has 9 heteroatoms. The van der Waals surface area contributed by atoms with Crippen molar-refractivity contribution in [3.05, 3.63) is 65.2 Å². The van der Waals surface area contributed by atoms with E-state index < -0.39 is 27.7 Å². The van der Waals surface area contributed by atoms with Gasteiger partial charge in [-0.05, 0) is 48.4 Å². The van der Waals surface area contributed by atoms with E-state index in [0.717, 1.165) is 12.3 Å². The molecule has 5 nitrogen and oxygen atoms in total. The largest absolute Gasteiger partial charge is 0.416 e. The van der Waals surface area contributed by atoms with Gasteiger partial charge in [0.2, 0.25) is 15.9 Å². The van der Waals surface area contributed by atoms with Crippen LogP contribution in [0.4, 0.5) is 24.5 Å². The van der Waals surface area contributed by atoms with Gasteiger partial charge in [-0.2, -0.15) is 13.2 Å². The second-order valence-corrected chi connectivity index (χ2v) is 7.59. The molecule has 2 aromatic carbocycles. The third-order valence-corrected chi connectivity index (χ3v) is 4.06. The van der Waals surface area contributed by atoms with Crippen molar-refractivity contribution in [2.24, 2.45) is 0 Å². The summed E-state index contributed by atoms with van der Waals surface area (Å²) in [6.45, 7) is 1.34. The van der Waals surface area contributed by atoms with Gasteiger partial charge in [-0.1, -0.05) is 18.2 Å². The van der Waals surface area contributed by atoms with Gasteiger partial charge in [-0.25, -0.2) is 8.42 Å². The van der Waals surface area contributed by atoms with Gasteiger partial charge in [-0.15, -0.1) is 0 Å². The van der Waals surface area contributed by atoms with Crippen LogP contribution in [0, 0.1) is 6.92 Å². The molecule has 0 saturated carbocycles. The van der Waals surface area contributed by atoms with Crippen LogP contribution in [0.25, 0.3) is 6.08 Å². The zero-order chi connectivity index (χ0) is 20.2. The summed E-state index contributed by atoms with van der Waals surface area (Å²) in [5.41, 5.74) is 0.287. The molecule has 0 radical (unpaired) electrons. The maximum atomic E-state index is 12.9. The van der Waals surface area contributed by atoms with Gasteiger partial charge < -0.3 is 5.32 Å². The lowest BCUT2D eigenvalue weighted by Gasteiger charge is -2.12. The van der Waals surface area contributed by atoms with E-state index in [0.29, 0.717) is 11.3 Å². The zero-order valence-corrected chi connectivity index (χ0v) is 15.3. The quantitative estimate of drug-likeness (QED) is 0.747. The molecule has 0 bridgehead atoms. The van der Waals surface area contributed by atoms with Crippen molar-refractivity contribution in [2.45, 2.75) is 13.1 Å². The fourth-order valence-corrected chi connectivity index (χ4v) is 2.80. The molecule has 2 rings (SSSR count). The van der Waals surface area contributed by atoms with E-state index in [1.165, 1.54) is 43.3 Å². The van der Waals surface area contributed by atoms with Gasteiger partial charge in [0.1, 0.15) is 0 Å². The highest BCUT2D eigenvalue weighted by Crippen LogP contribution is 2.33. The van der Waals surface area contributed by atoms with Crippen LogP contribution in [-0.4, -0.2) is 20.6 Å². The molecule has 0 unspecified atom stereocenters. The van der Waals surface area contributed by atoms with E-state index in [4.69, 9.17) is 0 Å². The summed E-state index contributed by atoms with van der Waals surface area (Å²) in [5.74, 6) is -0.592. The third-order valence-electron chi connectivity index (χ3n) is 3.45. The molecular formula is C18H17F3N2O3S. The second-order valence-electron chi connectivity index (χ2n) is 5.85. The molecule has 2 aromatic rings. The van der Waals surface area contributed by atoms with Gasteiger partial charge in [0.25, 0.3) is 0 Å². The Bertz CT molecular complexity index is 966. The summed E-state index contributed by atoms with van der Waals surface area (Å²) < 4.78 is 63.3. The van der Waals surface area contributed by atoms with Gasteiger partial charge in [-0.3, -0.25) is 9.52 Å². The molecule has 0 aliphatic carbocycles. The fraction of sp³-hybridized carbons (Fsp3) is 0.167. The highest BCUT2D eigenvalue weighted by atomic mass is 32.2. The van der Waals surface area contributed by atoms with Gasteiger partial charge in [0, 0.05) is 17.5 Å². The Morgan fingerprint density at radius 3 is 2.19 bits per heavy atom. The SMILES string of the molecule is Cc1ccc(NC(=O)C=Cc2ccc(NS(C)(=O)=O)cc2)cc1C(F)(F)F. The number of aryl methyl sites for hydroxylation is 1.